The first-order valence-corrected chi connectivity index (χ1v) is 3.67. The summed E-state index contributed by atoms with van der Waals surface area (Å²) in [6.07, 6.45) is 1.07. The molecule has 1 aliphatic carbocycles. The van der Waals surface area contributed by atoms with E-state index < -0.39 is 11.3 Å². The van der Waals surface area contributed by atoms with Crippen LogP contribution in [0.3, 0.4) is 0 Å². The number of hydrogen-bond acceptors (Lipinski definition) is 3. The molecule has 2 N–H and O–H groups in total. The maximum atomic E-state index is 11.4. The molecule has 0 heterocycles. The van der Waals surface area contributed by atoms with Gasteiger partial charge in [0.05, 0.1) is 7.11 Å². The van der Waals surface area contributed by atoms with Gasteiger partial charge in [0.15, 0.2) is 0 Å². The molecular formula is C7H12N2O3. The molecule has 5 heteroatoms. The number of rotatable bonds is 3. The van der Waals surface area contributed by atoms with Crippen LogP contribution in [0.4, 0.5) is 0 Å². The molecule has 5 nitrogen and oxygen atoms in total. The maximum Gasteiger partial charge on any atom is 0.261 e. The number of hydrogen-bond donors (Lipinski definition) is 1. The Kier molecular flexibility index (Phi) is 2.06. The molecule has 12 heavy (non-hydrogen) atoms. The zero-order valence-corrected chi connectivity index (χ0v) is 7.16. The monoisotopic (exact) mass is 172 g/mol. The van der Waals surface area contributed by atoms with Gasteiger partial charge < -0.3 is 5.73 Å². The molecule has 0 saturated heterocycles. The highest BCUT2D eigenvalue weighted by Crippen LogP contribution is 2.46. The molecule has 68 valence electrons. The molecule has 1 aliphatic rings. The molecule has 0 atom stereocenters. The molecule has 0 radical (unpaired) electrons. The summed E-state index contributed by atoms with van der Waals surface area (Å²) in [6.45, 7) is 0. The van der Waals surface area contributed by atoms with E-state index in [2.05, 4.69) is 4.84 Å². The first-order chi connectivity index (χ1) is 5.54. The topological polar surface area (TPSA) is 72.6 Å². The highest BCUT2D eigenvalue weighted by molar-refractivity contribution is 6.06. The molecule has 0 spiro atoms. The second-order valence-corrected chi connectivity index (χ2v) is 2.93. The van der Waals surface area contributed by atoms with E-state index in [1.165, 1.54) is 14.2 Å². The van der Waals surface area contributed by atoms with Crippen LogP contribution in [0.15, 0.2) is 0 Å². The second-order valence-electron chi connectivity index (χ2n) is 2.93. The Hall–Kier alpha value is -1.10. The normalized spacial score (nSPS) is 18.5. The molecule has 1 saturated carbocycles. The Morgan fingerprint density at radius 2 is 2.00 bits per heavy atom. The average molecular weight is 172 g/mol. The molecule has 0 aromatic carbocycles. The molecule has 1 rings (SSSR count). The summed E-state index contributed by atoms with van der Waals surface area (Å²) in [7, 11) is 2.83. The van der Waals surface area contributed by atoms with Gasteiger partial charge in [0.1, 0.15) is 5.41 Å². The van der Waals surface area contributed by atoms with Gasteiger partial charge in [0, 0.05) is 7.05 Å². The Balaban J connectivity index is 2.70. The fourth-order valence-electron chi connectivity index (χ4n) is 1.07. The lowest BCUT2D eigenvalue weighted by Crippen LogP contribution is -2.41. The molecule has 0 aromatic heterocycles. The van der Waals surface area contributed by atoms with Crippen molar-refractivity contribution in [1.82, 2.24) is 5.06 Å². The fourth-order valence-corrected chi connectivity index (χ4v) is 1.07. The van der Waals surface area contributed by atoms with Crippen LogP contribution in [0.1, 0.15) is 12.8 Å². The van der Waals surface area contributed by atoms with Crippen LogP contribution >= 0.6 is 0 Å². The van der Waals surface area contributed by atoms with E-state index in [1.54, 1.807) is 0 Å². The molecule has 0 unspecified atom stereocenters. The van der Waals surface area contributed by atoms with Crippen molar-refractivity contribution in [3.05, 3.63) is 0 Å². The first-order valence-electron chi connectivity index (χ1n) is 3.67. The third-order valence-electron chi connectivity index (χ3n) is 2.19. The van der Waals surface area contributed by atoms with E-state index in [0.717, 1.165) is 5.06 Å². The van der Waals surface area contributed by atoms with Gasteiger partial charge in [0.2, 0.25) is 5.91 Å². The van der Waals surface area contributed by atoms with E-state index in [4.69, 9.17) is 5.73 Å². The van der Waals surface area contributed by atoms with E-state index in [9.17, 15) is 9.59 Å². The first kappa shape index (κ1) is 8.99. The minimum Gasteiger partial charge on any atom is -0.369 e. The second kappa shape index (κ2) is 2.75. The van der Waals surface area contributed by atoms with Crippen LogP contribution < -0.4 is 5.73 Å². The van der Waals surface area contributed by atoms with Crippen LogP contribution in [0, 0.1) is 5.41 Å². The number of nitrogens with two attached hydrogens (primary N) is 1. The van der Waals surface area contributed by atoms with Crippen molar-refractivity contribution in [2.24, 2.45) is 11.1 Å². The predicted molar refractivity (Wildman–Crippen MR) is 40.6 cm³/mol. The van der Waals surface area contributed by atoms with E-state index >= 15 is 0 Å². The van der Waals surface area contributed by atoms with Crippen LogP contribution in [0.25, 0.3) is 0 Å². The minimum absolute atomic E-state index is 0.350. The van der Waals surface area contributed by atoms with E-state index in [0.29, 0.717) is 12.8 Å². The molecule has 1 fully saturated rings. The summed E-state index contributed by atoms with van der Waals surface area (Å²) in [6, 6.07) is 0. The molecule has 0 aromatic rings. The van der Waals surface area contributed by atoms with E-state index in [-0.39, 0.29) is 5.91 Å². The fraction of sp³-hybridized carbons (Fsp3) is 0.714. The van der Waals surface area contributed by atoms with Gasteiger partial charge in [-0.2, -0.15) is 0 Å². The van der Waals surface area contributed by atoms with Gasteiger partial charge in [-0.1, -0.05) is 0 Å². The van der Waals surface area contributed by atoms with Crippen molar-refractivity contribution in [3.63, 3.8) is 0 Å². The quantitative estimate of drug-likeness (QED) is 0.450. The third kappa shape index (κ3) is 1.16. The Morgan fingerprint density at radius 1 is 1.50 bits per heavy atom. The lowest BCUT2D eigenvalue weighted by molar-refractivity contribution is -0.176. The van der Waals surface area contributed by atoms with Gasteiger partial charge in [-0.3, -0.25) is 14.4 Å². The summed E-state index contributed by atoms with van der Waals surface area (Å²) in [5.74, 6) is -0.908. The summed E-state index contributed by atoms with van der Waals surface area (Å²) in [4.78, 5) is 26.9. The van der Waals surface area contributed by atoms with Crippen molar-refractivity contribution >= 4 is 11.8 Å². The van der Waals surface area contributed by atoms with Crippen molar-refractivity contribution in [2.75, 3.05) is 14.2 Å². The Morgan fingerprint density at radius 3 is 2.25 bits per heavy atom. The largest absolute Gasteiger partial charge is 0.369 e. The number of amides is 2. The number of carbonyl (C=O) groups excluding carboxylic acids is 2. The summed E-state index contributed by atoms with van der Waals surface area (Å²) in [5.41, 5.74) is 4.12. The predicted octanol–water partition coefficient (Wildman–Crippen LogP) is -0.728. The molecular weight excluding hydrogens is 160 g/mol. The third-order valence-corrected chi connectivity index (χ3v) is 2.19. The van der Waals surface area contributed by atoms with Crippen LogP contribution in [-0.4, -0.2) is 31.0 Å². The standard InChI is InChI=1S/C7H12N2O3/c1-9(12-2)6(11)7(3-4-7)5(8)10/h3-4H2,1-2H3,(H2,8,10). The maximum absolute atomic E-state index is 11.4. The van der Waals surface area contributed by atoms with Crippen molar-refractivity contribution in [3.8, 4) is 0 Å². The lowest BCUT2D eigenvalue weighted by atomic mass is 10.1. The number of nitrogens with zero attached hydrogens (tertiary/aromatic N) is 1. The number of hydroxylamine groups is 2. The number of primary amides is 1. The zero-order valence-electron chi connectivity index (χ0n) is 7.16. The van der Waals surface area contributed by atoms with Gasteiger partial charge in [-0.25, -0.2) is 5.06 Å². The number of carbonyl (C=O) groups is 2. The zero-order chi connectivity index (χ0) is 9.35. The van der Waals surface area contributed by atoms with Crippen LogP contribution in [0.5, 0.6) is 0 Å². The van der Waals surface area contributed by atoms with Gasteiger partial charge >= 0.3 is 0 Å². The SMILES string of the molecule is CON(C)C(=O)C1(C(N)=O)CC1. The minimum atomic E-state index is -0.968. The smallest absolute Gasteiger partial charge is 0.261 e. The average Bonchev–Trinajstić information content (AvgIpc) is 2.81. The van der Waals surface area contributed by atoms with Crippen LogP contribution in [0.2, 0.25) is 0 Å². The summed E-state index contributed by atoms with van der Waals surface area (Å²) >= 11 is 0. The van der Waals surface area contributed by atoms with Gasteiger partial charge in [-0.05, 0) is 12.8 Å². The van der Waals surface area contributed by atoms with Crippen LogP contribution in [-0.2, 0) is 14.4 Å². The Bertz CT molecular complexity index is 223. The van der Waals surface area contributed by atoms with Gasteiger partial charge in [-0.15, -0.1) is 0 Å². The highest BCUT2D eigenvalue weighted by atomic mass is 16.7. The molecule has 0 aliphatic heterocycles. The van der Waals surface area contributed by atoms with Crippen molar-refractivity contribution in [1.29, 1.82) is 0 Å². The van der Waals surface area contributed by atoms with Gasteiger partial charge in [0.25, 0.3) is 5.91 Å². The molecule has 2 amide bonds. The molecule has 0 bridgehead atoms. The van der Waals surface area contributed by atoms with Crippen molar-refractivity contribution < 1.29 is 14.4 Å². The van der Waals surface area contributed by atoms with E-state index in [1.807, 2.05) is 0 Å². The van der Waals surface area contributed by atoms with Crippen molar-refractivity contribution in [2.45, 2.75) is 12.8 Å². The highest BCUT2D eigenvalue weighted by Gasteiger charge is 2.56. The Labute approximate surface area is 70.4 Å². The summed E-state index contributed by atoms with van der Waals surface area (Å²) < 4.78 is 0. The summed E-state index contributed by atoms with van der Waals surface area (Å²) in [5, 5.41) is 1.04. The lowest BCUT2D eigenvalue weighted by Gasteiger charge is -2.18.